The molecule has 20 heavy (non-hydrogen) atoms. The Hall–Kier alpha value is -1.35. The van der Waals surface area contributed by atoms with Gasteiger partial charge in [0.15, 0.2) is 0 Å². The summed E-state index contributed by atoms with van der Waals surface area (Å²) in [6.07, 6.45) is 6.60. The van der Waals surface area contributed by atoms with Crippen LogP contribution < -0.4 is 0 Å². The van der Waals surface area contributed by atoms with E-state index in [0.717, 1.165) is 24.7 Å². The number of piperidine rings is 2. The van der Waals surface area contributed by atoms with Gasteiger partial charge in [0.25, 0.3) is 0 Å². The van der Waals surface area contributed by atoms with Gasteiger partial charge in [0.2, 0.25) is 0 Å². The van der Waals surface area contributed by atoms with Gasteiger partial charge in [-0.3, -0.25) is 5.41 Å². The van der Waals surface area contributed by atoms with Crippen LogP contribution >= 0.6 is 0 Å². The van der Waals surface area contributed by atoms with Gasteiger partial charge in [-0.05, 0) is 38.8 Å². The summed E-state index contributed by atoms with van der Waals surface area (Å²) in [5.74, 6) is 0.697. The molecule has 108 valence electrons. The molecule has 3 rings (SSSR count). The molecular formula is C17H25N3. The summed E-state index contributed by atoms with van der Waals surface area (Å²) >= 11 is 0. The molecule has 3 nitrogen and oxygen atoms in total. The summed E-state index contributed by atoms with van der Waals surface area (Å²) in [6.45, 7) is 4.66. The van der Waals surface area contributed by atoms with Crippen molar-refractivity contribution in [3.63, 3.8) is 0 Å². The Bertz CT molecular complexity index is 429. The maximum absolute atomic E-state index is 8.35. The van der Waals surface area contributed by atoms with Gasteiger partial charge in [0.1, 0.15) is 5.84 Å². The average Bonchev–Trinajstić information content (AvgIpc) is 2.56. The van der Waals surface area contributed by atoms with Gasteiger partial charge in [-0.15, -0.1) is 0 Å². The third kappa shape index (κ3) is 3.04. The summed E-state index contributed by atoms with van der Waals surface area (Å²) < 4.78 is 0. The van der Waals surface area contributed by atoms with E-state index in [1.54, 1.807) is 0 Å². The molecule has 3 heteroatoms. The third-order valence-electron chi connectivity index (χ3n) is 4.73. The predicted molar refractivity (Wildman–Crippen MR) is 83.3 cm³/mol. The van der Waals surface area contributed by atoms with Crippen LogP contribution in [0.25, 0.3) is 0 Å². The van der Waals surface area contributed by atoms with E-state index >= 15 is 0 Å². The molecule has 0 spiro atoms. The van der Waals surface area contributed by atoms with Gasteiger partial charge in [-0.1, -0.05) is 36.8 Å². The van der Waals surface area contributed by atoms with Crippen molar-refractivity contribution in [2.24, 2.45) is 0 Å². The van der Waals surface area contributed by atoms with Crippen LogP contribution in [-0.4, -0.2) is 47.9 Å². The highest BCUT2D eigenvalue weighted by molar-refractivity contribution is 5.96. The van der Waals surface area contributed by atoms with Crippen LogP contribution in [0, 0.1) is 5.41 Å². The molecule has 0 radical (unpaired) electrons. The van der Waals surface area contributed by atoms with Gasteiger partial charge in [-0.25, -0.2) is 0 Å². The summed E-state index contributed by atoms with van der Waals surface area (Å²) in [4.78, 5) is 4.93. The normalized spacial score (nSPS) is 21.9. The zero-order valence-electron chi connectivity index (χ0n) is 12.2. The van der Waals surface area contributed by atoms with Crippen LogP contribution in [0.1, 0.15) is 37.7 Å². The van der Waals surface area contributed by atoms with Crippen LogP contribution in [0.5, 0.6) is 0 Å². The Balaban J connectivity index is 1.54. The van der Waals surface area contributed by atoms with Crippen molar-refractivity contribution in [3.05, 3.63) is 35.9 Å². The highest BCUT2D eigenvalue weighted by Gasteiger charge is 2.26. The number of amidine groups is 1. The van der Waals surface area contributed by atoms with Gasteiger partial charge in [-0.2, -0.15) is 0 Å². The van der Waals surface area contributed by atoms with E-state index in [2.05, 4.69) is 9.80 Å². The molecule has 0 atom stereocenters. The van der Waals surface area contributed by atoms with E-state index in [0.29, 0.717) is 5.84 Å². The first-order valence-corrected chi connectivity index (χ1v) is 7.97. The molecule has 0 saturated carbocycles. The SMILES string of the molecule is N=C(c1ccccc1)N1CCC(N2CCCCC2)CC1. The fraction of sp³-hybridized carbons (Fsp3) is 0.588. The zero-order chi connectivity index (χ0) is 13.8. The fourth-order valence-electron chi connectivity index (χ4n) is 3.52. The Morgan fingerprint density at radius 1 is 0.900 bits per heavy atom. The number of hydrogen-bond acceptors (Lipinski definition) is 2. The molecule has 0 bridgehead atoms. The summed E-state index contributed by atoms with van der Waals surface area (Å²) in [5, 5.41) is 8.35. The number of hydrogen-bond donors (Lipinski definition) is 1. The first-order valence-electron chi connectivity index (χ1n) is 7.97. The Morgan fingerprint density at radius 2 is 1.55 bits per heavy atom. The first kappa shape index (κ1) is 13.6. The van der Waals surface area contributed by atoms with Crippen LogP contribution in [0.15, 0.2) is 30.3 Å². The zero-order valence-corrected chi connectivity index (χ0v) is 12.2. The number of likely N-dealkylation sites (tertiary alicyclic amines) is 2. The molecule has 2 aliphatic rings. The van der Waals surface area contributed by atoms with Gasteiger partial charge < -0.3 is 9.80 Å². The van der Waals surface area contributed by atoms with E-state index < -0.39 is 0 Å². The van der Waals surface area contributed by atoms with Crippen molar-refractivity contribution in [2.45, 2.75) is 38.1 Å². The highest BCUT2D eigenvalue weighted by Crippen LogP contribution is 2.21. The lowest BCUT2D eigenvalue weighted by molar-refractivity contribution is 0.115. The van der Waals surface area contributed by atoms with Crippen LogP contribution in [0.3, 0.4) is 0 Å². The number of nitrogens with zero attached hydrogens (tertiary/aromatic N) is 2. The van der Waals surface area contributed by atoms with Crippen LogP contribution in [-0.2, 0) is 0 Å². The minimum Gasteiger partial charge on any atom is -0.356 e. The van der Waals surface area contributed by atoms with Crippen LogP contribution in [0.4, 0.5) is 0 Å². The van der Waals surface area contributed by atoms with Crippen molar-refractivity contribution >= 4 is 5.84 Å². The number of benzene rings is 1. The third-order valence-corrected chi connectivity index (χ3v) is 4.73. The lowest BCUT2D eigenvalue weighted by Gasteiger charge is -2.41. The fourth-order valence-corrected chi connectivity index (χ4v) is 3.52. The van der Waals surface area contributed by atoms with Crippen molar-refractivity contribution in [1.29, 1.82) is 5.41 Å². The molecule has 0 aromatic heterocycles. The van der Waals surface area contributed by atoms with E-state index in [4.69, 9.17) is 5.41 Å². The molecule has 0 amide bonds. The topological polar surface area (TPSA) is 30.3 Å². The maximum atomic E-state index is 8.35. The molecule has 0 aliphatic carbocycles. The molecule has 0 unspecified atom stereocenters. The molecule has 2 heterocycles. The van der Waals surface area contributed by atoms with Gasteiger partial charge >= 0.3 is 0 Å². The Morgan fingerprint density at radius 3 is 2.20 bits per heavy atom. The number of rotatable bonds is 2. The Labute approximate surface area is 122 Å². The lowest BCUT2D eigenvalue weighted by Crippen LogP contribution is -2.48. The predicted octanol–water partition coefficient (Wildman–Crippen LogP) is 2.96. The van der Waals surface area contributed by atoms with E-state index in [1.165, 1.54) is 45.2 Å². The van der Waals surface area contributed by atoms with Gasteiger partial charge in [0, 0.05) is 24.7 Å². The minimum atomic E-state index is 0.697. The number of nitrogens with one attached hydrogen (secondary N) is 1. The second-order valence-corrected chi connectivity index (χ2v) is 6.03. The molecule has 2 saturated heterocycles. The first-order chi connectivity index (χ1) is 9.84. The summed E-state index contributed by atoms with van der Waals surface area (Å²) in [6, 6.07) is 10.9. The minimum absolute atomic E-state index is 0.697. The van der Waals surface area contributed by atoms with Crippen molar-refractivity contribution < 1.29 is 0 Å². The van der Waals surface area contributed by atoms with Crippen LogP contribution in [0.2, 0.25) is 0 Å². The molecule has 1 aromatic rings. The Kier molecular flexibility index (Phi) is 4.36. The second kappa shape index (κ2) is 6.40. The van der Waals surface area contributed by atoms with Gasteiger partial charge in [0.05, 0.1) is 0 Å². The van der Waals surface area contributed by atoms with E-state index in [-0.39, 0.29) is 0 Å². The maximum Gasteiger partial charge on any atom is 0.128 e. The quantitative estimate of drug-likeness (QED) is 0.662. The standard InChI is InChI=1S/C17H25N3/c18-17(15-7-3-1-4-8-15)20-13-9-16(10-14-20)19-11-5-2-6-12-19/h1,3-4,7-8,16,18H,2,5-6,9-14H2. The largest absolute Gasteiger partial charge is 0.356 e. The average molecular weight is 271 g/mol. The summed E-state index contributed by atoms with van der Waals surface area (Å²) in [7, 11) is 0. The molecule has 1 N–H and O–H groups in total. The van der Waals surface area contributed by atoms with E-state index in [1.807, 2.05) is 30.3 Å². The second-order valence-electron chi connectivity index (χ2n) is 6.03. The highest BCUT2D eigenvalue weighted by atomic mass is 15.2. The molecule has 1 aromatic carbocycles. The molecule has 2 aliphatic heterocycles. The molecule has 2 fully saturated rings. The molecular weight excluding hydrogens is 246 g/mol. The van der Waals surface area contributed by atoms with E-state index in [9.17, 15) is 0 Å². The monoisotopic (exact) mass is 271 g/mol. The van der Waals surface area contributed by atoms with Crippen molar-refractivity contribution in [2.75, 3.05) is 26.2 Å². The van der Waals surface area contributed by atoms with Crippen molar-refractivity contribution in [1.82, 2.24) is 9.80 Å². The lowest BCUT2D eigenvalue weighted by atomic mass is 9.99. The summed E-state index contributed by atoms with van der Waals surface area (Å²) in [5.41, 5.74) is 1.05. The van der Waals surface area contributed by atoms with Crippen molar-refractivity contribution in [3.8, 4) is 0 Å². The smallest absolute Gasteiger partial charge is 0.128 e.